The van der Waals surface area contributed by atoms with E-state index in [1.54, 1.807) is 0 Å². The van der Waals surface area contributed by atoms with Crippen LogP contribution < -0.4 is 15.6 Å². The van der Waals surface area contributed by atoms with Crippen molar-refractivity contribution in [1.82, 2.24) is 0 Å². The van der Waals surface area contributed by atoms with Crippen molar-refractivity contribution in [3.63, 3.8) is 0 Å². The van der Waals surface area contributed by atoms with Gasteiger partial charge in [0, 0.05) is 0 Å². The van der Waals surface area contributed by atoms with Crippen LogP contribution in [0.3, 0.4) is 0 Å². The molecular weight excluding hydrogens is 856 g/mol. The first kappa shape index (κ1) is 46.6. The topological polar surface area (TPSA) is 0 Å². The fraction of sp³-hybridized carbons (Fsp3) is 0.182. The van der Waals surface area contributed by atoms with E-state index in [0.29, 0.717) is 0 Å². The maximum absolute atomic E-state index is 9.57. The molecule has 0 aliphatic carbocycles. The van der Waals surface area contributed by atoms with Crippen molar-refractivity contribution in [3.8, 4) is 0 Å². The van der Waals surface area contributed by atoms with Gasteiger partial charge in [0.25, 0.3) is 0 Å². The Morgan fingerprint density at radius 2 is 0.441 bits per heavy atom. The lowest BCUT2D eigenvalue weighted by molar-refractivity contribution is 1.06. The third-order valence-corrected chi connectivity index (χ3v) is 20.1. The zero-order valence-corrected chi connectivity index (χ0v) is 42.4. The molecule has 0 heterocycles. The summed E-state index contributed by atoms with van der Waals surface area (Å²) in [5, 5.41) is 3.93. The number of benzene rings is 9. The second-order valence-electron chi connectivity index (χ2n) is 19.1. The average Bonchev–Trinajstić information content (AvgIpc) is 3.37. The van der Waals surface area contributed by atoms with Gasteiger partial charge in [-0.3, -0.25) is 0 Å². The summed E-state index contributed by atoms with van der Waals surface area (Å²) in [5.41, 5.74) is 24.0. The normalized spacial score (nSPS) is 11.5. The van der Waals surface area contributed by atoms with Gasteiger partial charge in [-0.25, -0.2) is 0 Å². The Bertz CT molecular complexity index is 2800. The van der Waals surface area contributed by atoms with Gasteiger partial charge >= 0.3 is 0 Å². The molecule has 9 aromatic rings. The van der Waals surface area contributed by atoms with Crippen LogP contribution in [0.2, 0.25) is 0 Å². The van der Waals surface area contributed by atoms with Crippen LogP contribution >= 0.6 is 11.1 Å². The Kier molecular flexibility index (Phi) is 14.2. The fourth-order valence-electron chi connectivity index (χ4n) is 10.6. The molecule has 0 nitrogen and oxygen atoms in total. The molecule has 0 aromatic heterocycles. The summed E-state index contributed by atoms with van der Waals surface area (Å²) in [5.74, 6) is 0. The standard InChI is InChI=1S/C66H63ClSi/c1-46-37-64(61(43-55-31-19-10-20-32-55)58(49(46)4)40-52-25-13-7-14-26-52)68(67,65-38-47(2)50(5)59(41-53-27-15-8-16-28-53)62(65)44-56-33-21-11-22-34-56)66-39-48(3)51(6)60(42-54-29-17-9-18-30-54)63(66)45-57-35-23-12-24-36-57/h7-39H,40-45H2,1-6H3. The van der Waals surface area contributed by atoms with E-state index in [4.69, 9.17) is 0 Å². The highest BCUT2D eigenvalue weighted by Gasteiger charge is 2.45. The third-order valence-electron chi connectivity index (χ3n) is 14.7. The van der Waals surface area contributed by atoms with Gasteiger partial charge in [0.2, 0.25) is 7.38 Å². The molecule has 338 valence electrons. The molecule has 0 aliphatic rings. The Balaban J connectivity index is 1.46. The number of hydrogen-bond acceptors (Lipinski definition) is 0. The molecule has 0 spiro atoms. The molecule has 2 heteroatoms. The second kappa shape index (κ2) is 20.8. The molecule has 68 heavy (non-hydrogen) atoms. The molecule has 0 radical (unpaired) electrons. The molecule has 9 rings (SSSR count). The van der Waals surface area contributed by atoms with Gasteiger partial charge < -0.3 is 0 Å². The maximum atomic E-state index is 9.57. The maximum Gasteiger partial charge on any atom is 0.248 e. The van der Waals surface area contributed by atoms with Crippen molar-refractivity contribution in [1.29, 1.82) is 0 Å². The molecule has 0 atom stereocenters. The smallest absolute Gasteiger partial charge is 0.149 e. The van der Waals surface area contributed by atoms with E-state index in [0.717, 1.165) is 38.5 Å². The first-order valence-corrected chi connectivity index (χ1v) is 27.4. The average molecular weight is 920 g/mol. The summed E-state index contributed by atoms with van der Waals surface area (Å²) in [6, 6.07) is 74.1. The van der Waals surface area contributed by atoms with Crippen molar-refractivity contribution in [2.45, 2.75) is 80.1 Å². The molecule has 0 fully saturated rings. The van der Waals surface area contributed by atoms with Crippen LogP contribution in [0.1, 0.15) is 100 Å². The van der Waals surface area contributed by atoms with E-state index >= 15 is 0 Å². The van der Waals surface area contributed by atoms with Crippen LogP contribution in [-0.4, -0.2) is 7.38 Å². The van der Waals surface area contributed by atoms with Crippen LogP contribution in [-0.2, 0) is 38.5 Å². The van der Waals surface area contributed by atoms with Crippen LogP contribution in [0.25, 0.3) is 0 Å². The Labute approximate surface area is 412 Å². The van der Waals surface area contributed by atoms with E-state index < -0.39 is 7.38 Å². The molecule has 9 aromatic carbocycles. The summed E-state index contributed by atoms with van der Waals surface area (Å²) >= 11 is 9.57. The number of halogens is 1. The predicted octanol–water partition coefficient (Wildman–Crippen LogP) is 14.3. The summed E-state index contributed by atoms with van der Waals surface area (Å²) in [6.07, 6.45) is 4.84. The first-order valence-electron chi connectivity index (χ1n) is 24.4. The molecule has 0 saturated heterocycles. The van der Waals surface area contributed by atoms with E-state index in [2.05, 4.69) is 242 Å². The quantitative estimate of drug-likeness (QED) is 0.0546. The minimum absolute atomic E-state index is 0.784. The predicted molar refractivity (Wildman–Crippen MR) is 294 cm³/mol. The van der Waals surface area contributed by atoms with Crippen molar-refractivity contribution in [3.05, 3.63) is 300 Å². The van der Waals surface area contributed by atoms with Gasteiger partial charge in [0.1, 0.15) is 0 Å². The molecule has 0 saturated carbocycles. The number of aryl methyl sites for hydroxylation is 3. The van der Waals surface area contributed by atoms with Gasteiger partial charge in [-0.05, 0) is 196 Å². The fourth-order valence-corrected chi connectivity index (χ4v) is 16.2. The molecule has 0 amide bonds. The Morgan fingerprint density at radius 3 is 0.632 bits per heavy atom. The summed E-state index contributed by atoms with van der Waals surface area (Å²) < 4.78 is 0. The van der Waals surface area contributed by atoms with Crippen molar-refractivity contribution >= 4 is 34.0 Å². The first-order chi connectivity index (χ1) is 33.1. The number of rotatable bonds is 15. The molecular formula is C66H63ClSi. The van der Waals surface area contributed by atoms with E-state index in [1.165, 1.54) is 116 Å². The van der Waals surface area contributed by atoms with Crippen molar-refractivity contribution < 1.29 is 0 Å². The van der Waals surface area contributed by atoms with Gasteiger partial charge in [0.05, 0.1) is 0 Å². The van der Waals surface area contributed by atoms with E-state index in [-0.39, 0.29) is 0 Å². The highest BCUT2D eigenvalue weighted by Crippen LogP contribution is 2.34. The SMILES string of the molecule is Cc1cc([Si](Cl)(c2cc(C)c(C)c(Cc3ccccc3)c2Cc2ccccc2)c2cc(C)c(C)c(Cc3ccccc3)c2Cc2ccccc2)c(Cc2ccccc2)c(Cc2ccccc2)c1C. The van der Waals surface area contributed by atoms with Gasteiger partial charge in [-0.15, -0.1) is 11.1 Å². The molecule has 0 N–H and O–H groups in total. The van der Waals surface area contributed by atoms with Crippen LogP contribution in [0.5, 0.6) is 0 Å². The number of hydrogen-bond donors (Lipinski definition) is 0. The molecule has 0 bridgehead atoms. The van der Waals surface area contributed by atoms with Crippen molar-refractivity contribution in [2.24, 2.45) is 0 Å². The highest BCUT2D eigenvalue weighted by molar-refractivity contribution is 7.40. The zero-order valence-electron chi connectivity index (χ0n) is 40.7. The third kappa shape index (κ3) is 9.88. The lowest BCUT2D eigenvalue weighted by Crippen LogP contribution is -2.66. The van der Waals surface area contributed by atoms with Gasteiger partial charge in [-0.2, -0.15) is 0 Å². The largest absolute Gasteiger partial charge is 0.248 e. The molecule has 0 unspecified atom stereocenters. The van der Waals surface area contributed by atoms with Gasteiger partial charge in [0.15, 0.2) is 0 Å². The summed E-state index contributed by atoms with van der Waals surface area (Å²) in [4.78, 5) is 0. The van der Waals surface area contributed by atoms with Crippen LogP contribution in [0, 0.1) is 41.5 Å². The highest BCUT2D eigenvalue weighted by atomic mass is 35.6. The van der Waals surface area contributed by atoms with Crippen LogP contribution in [0.15, 0.2) is 200 Å². The zero-order chi connectivity index (χ0) is 47.2. The van der Waals surface area contributed by atoms with Crippen LogP contribution in [0.4, 0.5) is 0 Å². The minimum Gasteiger partial charge on any atom is -0.149 e. The van der Waals surface area contributed by atoms with E-state index in [1.807, 2.05) is 0 Å². The van der Waals surface area contributed by atoms with Crippen molar-refractivity contribution in [2.75, 3.05) is 0 Å². The molecule has 0 aliphatic heterocycles. The summed E-state index contributed by atoms with van der Waals surface area (Å²) in [7, 11) is -3.61. The summed E-state index contributed by atoms with van der Waals surface area (Å²) in [6.45, 7) is 14.0. The van der Waals surface area contributed by atoms with E-state index in [9.17, 15) is 11.1 Å². The monoisotopic (exact) mass is 918 g/mol. The van der Waals surface area contributed by atoms with Gasteiger partial charge in [-0.1, -0.05) is 200 Å². The second-order valence-corrected chi connectivity index (χ2v) is 23.7. The lowest BCUT2D eigenvalue weighted by atomic mass is 9.89. The minimum atomic E-state index is -3.61. The Morgan fingerprint density at radius 1 is 0.265 bits per heavy atom. The Hall–Kier alpha value is -6.51. The lowest BCUT2D eigenvalue weighted by Gasteiger charge is -2.37.